The van der Waals surface area contributed by atoms with Crippen molar-refractivity contribution >= 4 is 17.6 Å². The van der Waals surface area contributed by atoms with Crippen molar-refractivity contribution in [1.29, 1.82) is 0 Å². The van der Waals surface area contributed by atoms with Gasteiger partial charge < -0.3 is 25.4 Å². The van der Waals surface area contributed by atoms with Crippen LogP contribution in [0.25, 0.3) is 0 Å². The lowest BCUT2D eigenvalue weighted by Crippen LogP contribution is -2.52. The molecule has 0 aliphatic carbocycles. The van der Waals surface area contributed by atoms with Crippen LogP contribution in [0, 0.1) is 5.82 Å². The van der Waals surface area contributed by atoms with Gasteiger partial charge in [0.2, 0.25) is 5.91 Å². The van der Waals surface area contributed by atoms with Crippen molar-refractivity contribution in [2.45, 2.75) is 56.8 Å². The van der Waals surface area contributed by atoms with E-state index >= 15 is 0 Å². The van der Waals surface area contributed by atoms with Gasteiger partial charge in [-0.2, -0.15) is 0 Å². The van der Waals surface area contributed by atoms with Gasteiger partial charge in [-0.1, -0.05) is 12.1 Å². The average Bonchev–Trinajstić information content (AvgIpc) is 2.71. The van der Waals surface area contributed by atoms with Crippen LogP contribution in [0.15, 0.2) is 24.3 Å². The van der Waals surface area contributed by atoms with E-state index in [2.05, 4.69) is 10.6 Å². The third-order valence-electron chi connectivity index (χ3n) is 5.35. The molecule has 3 atom stereocenters. The lowest BCUT2D eigenvalue weighted by Gasteiger charge is -2.37. The molecule has 2 saturated heterocycles. The molecule has 0 bridgehead atoms. The van der Waals surface area contributed by atoms with Crippen molar-refractivity contribution in [3.05, 3.63) is 30.1 Å². The largest absolute Gasteiger partial charge is 0.394 e. The number of benzene rings is 1. The van der Waals surface area contributed by atoms with Crippen molar-refractivity contribution in [2.24, 2.45) is 0 Å². The van der Waals surface area contributed by atoms with Gasteiger partial charge in [-0.15, -0.1) is 0 Å². The third kappa shape index (κ3) is 5.42. The molecule has 0 aromatic heterocycles. The minimum absolute atomic E-state index is 0.0854. The van der Waals surface area contributed by atoms with E-state index in [-0.39, 0.29) is 24.3 Å². The molecule has 2 fully saturated rings. The number of para-hydroxylation sites is 1. The predicted molar refractivity (Wildman–Crippen MR) is 102 cm³/mol. The second-order valence-electron chi connectivity index (χ2n) is 7.39. The van der Waals surface area contributed by atoms with E-state index in [1.165, 1.54) is 18.6 Å². The Morgan fingerprint density at radius 2 is 1.93 bits per heavy atom. The highest BCUT2D eigenvalue weighted by atomic mass is 19.1. The lowest BCUT2D eigenvalue weighted by molar-refractivity contribution is -0.141. The molecule has 8 heteroatoms. The van der Waals surface area contributed by atoms with Crippen molar-refractivity contribution in [1.82, 2.24) is 10.2 Å². The number of halogens is 1. The Morgan fingerprint density at radius 3 is 2.64 bits per heavy atom. The number of hydrogen-bond donors (Lipinski definition) is 3. The number of nitrogens with one attached hydrogen (secondary N) is 2. The van der Waals surface area contributed by atoms with E-state index in [1.807, 2.05) is 4.90 Å². The molecule has 7 nitrogen and oxygen atoms in total. The van der Waals surface area contributed by atoms with Gasteiger partial charge in [0.15, 0.2) is 0 Å². The summed E-state index contributed by atoms with van der Waals surface area (Å²) in [7, 11) is 0. The molecular weight excluding hydrogens is 365 g/mol. The molecule has 1 aromatic rings. The van der Waals surface area contributed by atoms with Crippen LogP contribution in [0.1, 0.15) is 38.5 Å². The van der Waals surface area contributed by atoms with Gasteiger partial charge in [0, 0.05) is 13.1 Å². The summed E-state index contributed by atoms with van der Waals surface area (Å²) >= 11 is 0. The minimum atomic E-state index is -0.598. The predicted octanol–water partition coefficient (Wildman–Crippen LogP) is 2.26. The van der Waals surface area contributed by atoms with E-state index in [0.29, 0.717) is 19.3 Å². The molecule has 2 aliphatic heterocycles. The van der Waals surface area contributed by atoms with Crippen LogP contribution >= 0.6 is 0 Å². The SMILES string of the molecule is O=C(Nc1ccccc1F)N[C@@H]1CC[C@@H](CC(=O)N2CCCCC2)O[C@H]1CO. The molecule has 28 heavy (non-hydrogen) atoms. The Kier molecular flexibility index (Phi) is 7.22. The summed E-state index contributed by atoms with van der Waals surface area (Å²) in [4.78, 5) is 26.5. The van der Waals surface area contributed by atoms with Crippen LogP contribution < -0.4 is 10.6 Å². The van der Waals surface area contributed by atoms with Crippen molar-refractivity contribution < 1.29 is 23.8 Å². The zero-order chi connectivity index (χ0) is 19.9. The number of carbonyl (C=O) groups excluding carboxylic acids is 2. The Morgan fingerprint density at radius 1 is 1.18 bits per heavy atom. The maximum Gasteiger partial charge on any atom is 0.319 e. The zero-order valence-corrected chi connectivity index (χ0v) is 15.9. The summed E-state index contributed by atoms with van der Waals surface area (Å²) in [5, 5.41) is 14.9. The van der Waals surface area contributed by atoms with Crippen molar-refractivity contribution in [3.63, 3.8) is 0 Å². The smallest absolute Gasteiger partial charge is 0.319 e. The van der Waals surface area contributed by atoms with Crippen LogP contribution in [0.3, 0.4) is 0 Å². The van der Waals surface area contributed by atoms with Crippen LogP contribution in [0.5, 0.6) is 0 Å². The van der Waals surface area contributed by atoms with Crippen LogP contribution in [0.4, 0.5) is 14.9 Å². The maximum absolute atomic E-state index is 13.7. The number of piperidine rings is 1. The van der Waals surface area contributed by atoms with Crippen LogP contribution in [-0.4, -0.2) is 59.9 Å². The first kappa shape index (κ1) is 20.5. The number of carbonyl (C=O) groups is 2. The number of amides is 3. The molecule has 3 rings (SSSR count). The van der Waals surface area contributed by atoms with Gasteiger partial charge in [-0.25, -0.2) is 9.18 Å². The fourth-order valence-corrected chi connectivity index (χ4v) is 3.80. The highest BCUT2D eigenvalue weighted by Gasteiger charge is 2.33. The van der Waals surface area contributed by atoms with Crippen molar-refractivity contribution in [2.75, 3.05) is 25.0 Å². The summed E-state index contributed by atoms with van der Waals surface area (Å²) in [6.07, 6.45) is 3.87. The third-order valence-corrected chi connectivity index (χ3v) is 5.35. The molecule has 0 radical (unpaired) electrons. The topological polar surface area (TPSA) is 90.9 Å². The first-order valence-electron chi connectivity index (χ1n) is 9.93. The van der Waals surface area contributed by atoms with Gasteiger partial charge in [0.1, 0.15) is 11.9 Å². The number of aliphatic hydroxyl groups excluding tert-OH is 1. The molecule has 1 aromatic carbocycles. The Labute approximate surface area is 164 Å². The molecule has 2 aliphatic rings. The summed E-state index contributed by atoms with van der Waals surface area (Å²) in [6.45, 7) is 1.34. The first-order valence-corrected chi connectivity index (χ1v) is 9.93. The summed E-state index contributed by atoms with van der Waals surface area (Å²) in [6, 6.07) is 4.94. The van der Waals surface area contributed by atoms with Gasteiger partial charge in [0.05, 0.1) is 30.9 Å². The van der Waals surface area contributed by atoms with E-state index in [4.69, 9.17) is 4.74 Å². The number of likely N-dealkylation sites (tertiary alicyclic amines) is 1. The van der Waals surface area contributed by atoms with E-state index in [1.54, 1.807) is 12.1 Å². The number of ether oxygens (including phenoxy) is 1. The number of rotatable bonds is 5. The Balaban J connectivity index is 1.49. The highest BCUT2D eigenvalue weighted by Crippen LogP contribution is 2.23. The molecule has 0 spiro atoms. The van der Waals surface area contributed by atoms with Gasteiger partial charge in [0.25, 0.3) is 0 Å². The molecule has 0 unspecified atom stereocenters. The molecule has 3 N–H and O–H groups in total. The van der Waals surface area contributed by atoms with Gasteiger partial charge >= 0.3 is 6.03 Å². The molecular formula is C20H28FN3O4. The number of aliphatic hydroxyl groups is 1. The number of anilines is 1. The minimum Gasteiger partial charge on any atom is -0.394 e. The first-order chi connectivity index (χ1) is 13.6. The van der Waals surface area contributed by atoms with E-state index in [0.717, 1.165) is 25.9 Å². The van der Waals surface area contributed by atoms with E-state index in [9.17, 15) is 19.1 Å². The fourth-order valence-electron chi connectivity index (χ4n) is 3.80. The molecule has 0 saturated carbocycles. The number of hydrogen-bond acceptors (Lipinski definition) is 4. The average molecular weight is 393 g/mol. The molecule has 154 valence electrons. The summed E-state index contributed by atoms with van der Waals surface area (Å²) < 4.78 is 19.5. The summed E-state index contributed by atoms with van der Waals surface area (Å²) in [5.74, 6) is -0.433. The van der Waals surface area contributed by atoms with E-state index < -0.39 is 24.0 Å². The second-order valence-corrected chi connectivity index (χ2v) is 7.39. The standard InChI is InChI=1S/C20H28FN3O4/c21-15-6-2-3-7-16(15)22-20(27)23-17-9-8-14(28-18(17)13-25)12-19(26)24-10-4-1-5-11-24/h2-3,6-7,14,17-18,25H,1,4-5,8-13H2,(H2,22,23,27)/t14-,17+,18-/m0/s1. The zero-order valence-electron chi connectivity index (χ0n) is 15.9. The van der Waals surface area contributed by atoms with Gasteiger partial charge in [-0.05, 0) is 44.2 Å². The Hall–Kier alpha value is -2.19. The monoisotopic (exact) mass is 393 g/mol. The lowest BCUT2D eigenvalue weighted by atomic mass is 9.96. The van der Waals surface area contributed by atoms with Crippen LogP contribution in [0.2, 0.25) is 0 Å². The molecule has 2 heterocycles. The van der Waals surface area contributed by atoms with Crippen molar-refractivity contribution in [3.8, 4) is 0 Å². The van der Waals surface area contributed by atoms with Gasteiger partial charge in [-0.3, -0.25) is 4.79 Å². The highest BCUT2D eigenvalue weighted by molar-refractivity contribution is 5.89. The fraction of sp³-hybridized carbons (Fsp3) is 0.600. The van der Waals surface area contributed by atoms with Crippen LogP contribution in [-0.2, 0) is 9.53 Å². The maximum atomic E-state index is 13.7. The second kappa shape index (κ2) is 9.84. The Bertz CT molecular complexity index is 681. The summed E-state index contributed by atoms with van der Waals surface area (Å²) in [5.41, 5.74) is 0.0854. The number of nitrogens with zero attached hydrogens (tertiary/aromatic N) is 1. The molecule has 3 amide bonds. The number of urea groups is 1. The normalized spacial score (nSPS) is 25.2. The quantitative estimate of drug-likeness (QED) is 0.716.